The Morgan fingerprint density at radius 1 is 0.769 bits per heavy atom. The zero-order valence-electron chi connectivity index (χ0n) is 15.4. The third-order valence-corrected chi connectivity index (χ3v) is 7.67. The van der Waals surface area contributed by atoms with E-state index in [9.17, 15) is 9.36 Å². The molecular weight excluding hydrogens is 339 g/mol. The van der Waals surface area contributed by atoms with Gasteiger partial charge in [-0.15, -0.1) is 0 Å². The lowest BCUT2D eigenvalue weighted by molar-refractivity contribution is -0.111. The molecule has 0 aliphatic rings. The van der Waals surface area contributed by atoms with Crippen LogP contribution in [0.2, 0.25) is 0 Å². The van der Waals surface area contributed by atoms with Crippen LogP contribution in [-0.4, -0.2) is 5.52 Å². The first kappa shape index (κ1) is 18.4. The molecule has 2 nitrogen and oxygen atoms in total. The van der Waals surface area contributed by atoms with Crippen molar-refractivity contribution in [1.82, 2.24) is 0 Å². The molecule has 3 aromatic rings. The van der Waals surface area contributed by atoms with Crippen LogP contribution in [0.15, 0.2) is 72.8 Å². The fourth-order valence-electron chi connectivity index (χ4n) is 3.46. The van der Waals surface area contributed by atoms with Crippen LogP contribution in [-0.2, 0) is 15.8 Å². The Kier molecular flexibility index (Phi) is 5.25. The number of hydrogen-bond acceptors (Lipinski definition) is 2. The van der Waals surface area contributed by atoms with E-state index in [-0.39, 0.29) is 11.9 Å². The first-order valence-corrected chi connectivity index (χ1v) is 10.4. The highest BCUT2D eigenvalue weighted by molar-refractivity contribution is 7.93. The van der Waals surface area contributed by atoms with Gasteiger partial charge in [0.2, 0.25) is 12.7 Å². The van der Waals surface area contributed by atoms with Crippen molar-refractivity contribution >= 4 is 23.3 Å². The molecule has 26 heavy (non-hydrogen) atoms. The topological polar surface area (TPSA) is 34.1 Å². The summed E-state index contributed by atoms with van der Waals surface area (Å²) in [6, 6.07) is 22.4. The van der Waals surface area contributed by atoms with Gasteiger partial charge in [-0.3, -0.25) is 4.79 Å². The van der Waals surface area contributed by atoms with E-state index >= 15 is 0 Å². The maximum Gasteiger partial charge on any atom is 0.205 e. The fourth-order valence-corrected chi connectivity index (χ4v) is 5.90. The van der Waals surface area contributed by atoms with Crippen molar-refractivity contribution in [1.29, 1.82) is 0 Å². The van der Waals surface area contributed by atoms with Gasteiger partial charge >= 0.3 is 0 Å². The smallest absolute Gasteiger partial charge is 0.205 e. The molecule has 0 saturated carbocycles. The highest BCUT2D eigenvalue weighted by Gasteiger charge is 2.35. The summed E-state index contributed by atoms with van der Waals surface area (Å²) in [5.74, 6) is 0. The first-order valence-electron chi connectivity index (χ1n) is 8.74. The third kappa shape index (κ3) is 3.43. The molecule has 0 heterocycles. The highest BCUT2D eigenvalue weighted by atomic mass is 31.2. The summed E-state index contributed by atoms with van der Waals surface area (Å²) in [7, 11) is -3.37. The van der Waals surface area contributed by atoms with Gasteiger partial charge in [-0.25, -0.2) is 0 Å². The molecule has 3 rings (SSSR count). The van der Waals surface area contributed by atoms with Gasteiger partial charge in [0.1, 0.15) is 0 Å². The van der Waals surface area contributed by atoms with Crippen molar-refractivity contribution in [2.24, 2.45) is 0 Å². The van der Waals surface area contributed by atoms with Gasteiger partial charge in [0.25, 0.3) is 0 Å². The maximum absolute atomic E-state index is 14.1. The Bertz CT molecular complexity index is 909. The van der Waals surface area contributed by atoms with Gasteiger partial charge in [-0.05, 0) is 37.5 Å². The number of carbonyl (C=O) groups is 1. The monoisotopic (exact) mass is 362 g/mol. The second-order valence-electron chi connectivity index (χ2n) is 6.73. The number of benzene rings is 3. The first-order chi connectivity index (χ1) is 12.4. The summed E-state index contributed by atoms with van der Waals surface area (Å²) in [5.41, 5.74) is 4.08. The van der Waals surface area contributed by atoms with Gasteiger partial charge in [-0.1, -0.05) is 78.4 Å². The Balaban J connectivity index is 2.09. The van der Waals surface area contributed by atoms with Crippen LogP contribution in [0.3, 0.4) is 0 Å². The molecule has 0 spiro atoms. The van der Waals surface area contributed by atoms with Crippen molar-refractivity contribution in [2.75, 3.05) is 0 Å². The zero-order chi connectivity index (χ0) is 18.7. The molecule has 0 bridgehead atoms. The number of carbonyl (C=O) groups excluding carboxylic acids is 1. The summed E-state index contributed by atoms with van der Waals surface area (Å²) < 4.78 is 14.1. The molecule has 0 aromatic heterocycles. The Hall–Kier alpha value is -2.44. The molecule has 3 heteroatoms. The van der Waals surface area contributed by atoms with E-state index in [2.05, 4.69) is 12.1 Å². The van der Waals surface area contributed by atoms with Crippen LogP contribution >= 0.6 is 7.14 Å². The van der Waals surface area contributed by atoms with E-state index in [1.54, 1.807) is 24.3 Å². The van der Waals surface area contributed by atoms with E-state index < -0.39 is 7.14 Å². The van der Waals surface area contributed by atoms with E-state index in [0.29, 0.717) is 10.6 Å². The summed E-state index contributed by atoms with van der Waals surface area (Å²) in [6.07, 6.45) is 0.180. The molecule has 0 radical (unpaired) electrons. The van der Waals surface area contributed by atoms with Gasteiger partial charge in [0, 0.05) is 17.0 Å². The summed E-state index contributed by atoms with van der Waals surface area (Å²) in [4.78, 5) is 13.4. The average molecular weight is 362 g/mol. The minimum Gasteiger partial charge on any atom is -0.306 e. The van der Waals surface area contributed by atoms with Crippen LogP contribution in [0.4, 0.5) is 0 Å². The van der Waals surface area contributed by atoms with Crippen molar-refractivity contribution in [3.63, 3.8) is 0 Å². The Morgan fingerprint density at radius 3 is 1.62 bits per heavy atom. The van der Waals surface area contributed by atoms with Gasteiger partial charge in [0.05, 0.1) is 0 Å². The van der Waals surface area contributed by atoms with Crippen molar-refractivity contribution < 1.29 is 9.36 Å². The molecule has 0 saturated heterocycles. The number of rotatable bonds is 5. The molecule has 0 fully saturated rings. The normalized spacial score (nSPS) is 11.3. The molecular formula is C23H23O2P. The molecule has 3 aromatic carbocycles. The number of hydrogen-bond donors (Lipinski definition) is 0. The SMILES string of the molecule is Cc1cc(C)c(CC(=O)P(=O)(c2ccccc2)c2ccccc2)c(C)c1. The molecule has 0 atom stereocenters. The van der Waals surface area contributed by atoms with Crippen LogP contribution < -0.4 is 10.6 Å². The van der Waals surface area contributed by atoms with Crippen LogP contribution in [0, 0.1) is 20.8 Å². The second-order valence-corrected chi connectivity index (χ2v) is 9.48. The molecule has 0 aliphatic heterocycles. The minimum atomic E-state index is -3.37. The van der Waals surface area contributed by atoms with Gasteiger partial charge < -0.3 is 4.57 Å². The summed E-state index contributed by atoms with van der Waals surface area (Å²) in [5, 5.41) is 1.19. The van der Waals surface area contributed by atoms with E-state index in [4.69, 9.17) is 0 Å². The largest absolute Gasteiger partial charge is 0.306 e. The van der Waals surface area contributed by atoms with Crippen molar-refractivity contribution in [3.8, 4) is 0 Å². The average Bonchev–Trinajstić information content (AvgIpc) is 2.65. The van der Waals surface area contributed by atoms with Crippen LogP contribution in [0.1, 0.15) is 22.3 Å². The fraction of sp³-hybridized carbons (Fsp3) is 0.174. The summed E-state index contributed by atoms with van der Waals surface area (Å²) in [6.45, 7) is 6.07. The standard InChI is InChI=1S/C23H23O2P/c1-17-14-18(2)22(19(3)15-17)16-23(24)26(25,20-10-6-4-7-11-20)21-12-8-5-9-13-21/h4-15H,16H2,1-3H3. The third-order valence-electron chi connectivity index (χ3n) is 4.76. The van der Waals surface area contributed by atoms with Gasteiger partial charge in [-0.2, -0.15) is 0 Å². The molecule has 0 aliphatic carbocycles. The quantitative estimate of drug-likeness (QED) is 0.617. The molecule has 0 unspecified atom stereocenters. The van der Waals surface area contributed by atoms with Crippen molar-refractivity contribution in [2.45, 2.75) is 27.2 Å². The lowest BCUT2D eigenvalue weighted by Gasteiger charge is -2.19. The van der Waals surface area contributed by atoms with E-state index in [0.717, 1.165) is 16.7 Å². The zero-order valence-corrected chi connectivity index (χ0v) is 16.3. The van der Waals surface area contributed by atoms with Crippen molar-refractivity contribution in [3.05, 3.63) is 95.1 Å². The predicted molar refractivity (Wildman–Crippen MR) is 109 cm³/mol. The lowest BCUT2D eigenvalue weighted by Crippen LogP contribution is -2.24. The molecule has 132 valence electrons. The summed E-state index contributed by atoms with van der Waals surface area (Å²) >= 11 is 0. The Labute approximate surface area is 155 Å². The molecule has 0 amide bonds. The molecule has 0 N–H and O–H groups in total. The highest BCUT2D eigenvalue weighted by Crippen LogP contribution is 2.45. The van der Waals surface area contributed by atoms with E-state index in [1.165, 1.54) is 5.56 Å². The lowest BCUT2D eigenvalue weighted by atomic mass is 9.98. The second kappa shape index (κ2) is 7.43. The van der Waals surface area contributed by atoms with Crippen LogP contribution in [0.5, 0.6) is 0 Å². The maximum atomic E-state index is 14.1. The Morgan fingerprint density at radius 2 is 1.19 bits per heavy atom. The van der Waals surface area contributed by atoms with Crippen LogP contribution in [0.25, 0.3) is 0 Å². The minimum absolute atomic E-state index is 0.180. The predicted octanol–water partition coefficient (Wildman–Crippen LogP) is 4.70. The van der Waals surface area contributed by atoms with E-state index in [1.807, 2.05) is 57.2 Å². The van der Waals surface area contributed by atoms with Gasteiger partial charge in [0.15, 0.2) is 0 Å². The number of aryl methyl sites for hydroxylation is 3.